The zero-order chi connectivity index (χ0) is 12.2. The van der Waals surface area contributed by atoms with Gasteiger partial charge < -0.3 is 10.8 Å². The van der Waals surface area contributed by atoms with Gasteiger partial charge in [-0.05, 0) is 33.7 Å². The summed E-state index contributed by atoms with van der Waals surface area (Å²) in [5, 5.41) is 7.57. The summed E-state index contributed by atoms with van der Waals surface area (Å²) in [5.41, 5.74) is 5.43. The van der Waals surface area contributed by atoms with Crippen LogP contribution < -0.4 is 5.73 Å². The third-order valence-corrected chi connectivity index (χ3v) is 3.95. The van der Waals surface area contributed by atoms with Crippen LogP contribution in [-0.2, 0) is 8.37 Å². The molecule has 0 amide bonds. The van der Waals surface area contributed by atoms with Gasteiger partial charge in [-0.2, -0.15) is 10.6 Å². The van der Waals surface area contributed by atoms with E-state index in [-0.39, 0.29) is 6.61 Å². The van der Waals surface area contributed by atoms with Crippen molar-refractivity contribution in [1.82, 2.24) is 0 Å². The Labute approximate surface area is 95.9 Å². The highest BCUT2D eigenvalue weighted by atomic mass is 32.3. The van der Waals surface area contributed by atoms with Crippen molar-refractivity contribution in [2.75, 3.05) is 38.4 Å². The van der Waals surface area contributed by atoms with Gasteiger partial charge in [0.25, 0.3) is 0 Å². The Morgan fingerprint density at radius 2 is 1.53 bits per heavy atom. The highest BCUT2D eigenvalue weighted by Gasteiger charge is 2.12. The quantitative estimate of drug-likeness (QED) is 0.711. The SMILES string of the molecule is CCO.CCOS(C)(CCCN)OCC. The van der Waals surface area contributed by atoms with E-state index in [2.05, 4.69) is 6.26 Å². The maximum Gasteiger partial charge on any atom is 0.0685 e. The van der Waals surface area contributed by atoms with Crippen molar-refractivity contribution in [3.63, 3.8) is 0 Å². The van der Waals surface area contributed by atoms with E-state index in [9.17, 15) is 0 Å². The molecule has 0 radical (unpaired) electrons. The first kappa shape index (κ1) is 17.6. The summed E-state index contributed by atoms with van der Waals surface area (Å²) in [6, 6.07) is 0. The van der Waals surface area contributed by atoms with Gasteiger partial charge in [-0.3, -0.25) is 8.37 Å². The summed E-state index contributed by atoms with van der Waals surface area (Å²) < 4.78 is 11.2. The van der Waals surface area contributed by atoms with Crippen molar-refractivity contribution in [3.8, 4) is 0 Å². The first-order chi connectivity index (χ1) is 7.10. The third-order valence-electron chi connectivity index (χ3n) is 1.45. The maximum absolute atomic E-state index is 7.57. The molecule has 0 unspecified atom stereocenters. The minimum atomic E-state index is -1.28. The van der Waals surface area contributed by atoms with Crippen molar-refractivity contribution in [2.24, 2.45) is 5.73 Å². The molecular formula is C10H27NO3S. The summed E-state index contributed by atoms with van der Waals surface area (Å²) in [5.74, 6) is 0.950. The summed E-state index contributed by atoms with van der Waals surface area (Å²) >= 11 is 0. The molecule has 96 valence electrons. The molecule has 0 aliphatic heterocycles. The van der Waals surface area contributed by atoms with Gasteiger partial charge in [0, 0.05) is 18.6 Å². The van der Waals surface area contributed by atoms with Gasteiger partial charge in [-0.15, -0.1) is 0 Å². The molecule has 15 heavy (non-hydrogen) atoms. The Bertz CT molecular complexity index is 119. The van der Waals surface area contributed by atoms with E-state index < -0.39 is 10.6 Å². The fourth-order valence-electron chi connectivity index (χ4n) is 0.996. The zero-order valence-electron chi connectivity index (χ0n) is 10.5. The lowest BCUT2D eigenvalue weighted by Gasteiger charge is -2.38. The maximum atomic E-state index is 7.57. The number of aliphatic hydroxyl groups excluding tert-OH is 1. The Morgan fingerprint density at radius 1 is 1.13 bits per heavy atom. The summed E-state index contributed by atoms with van der Waals surface area (Å²) in [7, 11) is -1.28. The second-order valence-electron chi connectivity index (χ2n) is 2.90. The number of rotatable bonds is 7. The Balaban J connectivity index is 0. The Hall–Kier alpha value is 0.190. The van der Waals surface area contributed by atoms with E-state index in [1.54, 1.807) is 6.92 Å². The molecule has 0 saturated heterocycles. The molecule has 0 saturated carbocycles. The minimum Gasteiger partial charge on any atom is -0.397 e. The van der Waals surface area contributed by atoms with E-state index in [0.29, 0.717) is 6.54 Å². The van der Waals surface area contributed by atoms with Crippen LogP contribution in [0.2, 0.25) is 0 Å². The molecular weight excluding hydrogens is 214 g/mol. The highest BCUT2D eigenvalue weighted by Crippen LogP contribution is 2.46. The minimum absolute atomic E-state index is 0.250. The molecule has 0 atom stereocenters. The number of hydrogen-bond acceptors (Lipinski definition) is 4. The molecule has 0 fully saturated rings. The monoisotopic (exact) mass is 241 g/mol. The van der Waals surface area contributed by atoms with Gasteiger partial charge in [-0.1, -0.05) is 0 Å². The van der Waals surface area contributed by atoms with E-state index in [1.165, 1.54) is 0 Å². The van der Waals surface area contributed by atoms with Crippen LogP contribution in [0.25, 0.3) is 0 Å². The van der Waals surface area contributed by atoms with Crippen LogP contribution in [0.1, 0.15) is 27.2 Å². The second-order valence-corrected chi connectivity index (χ2v) is 5.63. The molecule has 4 nitrogen and oxygen atoms in total. The van der Waals surface area contributed by atoms with Crippen molar-refractivity contribution < 1.29 is 13.5 Å². The molecule has 5 heteroatoms. The molecule has 0 aromatic rings. The van der Waals surface area contributed by atoms with Gasteiger partial charge in [0.2, 0.25) is 0 Å². The van der Waals surface area contributed by atoms with Gasteiger partial charge >= 0.3 is 0 Å². The lowest BCUT2D eigenvalue weighted by Crippen LogP contribution is -2.14. The van der Waals surface area contributed by atoms with Gasteiger partial charge in [0.15, 0.2) is 0 Å². The summed E-state index contributed by atoms with van der Waals surface area (Å²) in [4.78, 5) is 0. The second kappa shape index (κ2) is 12.3. The van der Waals surface area contributed by atoms with Crippen LogP contribution in [0.4, 0.5) is 0 Å². The Kier molecular flexibility index (Phi) is 14.4. The average Bonchev–Trinajstić information content (AvgIpc) is 2.17. The molecule has 0 spiro atoms. The van der Waals surface area contributed by atoms with Crippen molar-refractivity contribution in [1.29, 1.82) is 0 Å². The van der Waals surface area contributed by atoms with Gasteiger partial charge in [0.05, 0.1) is 13.2 Å². The van der Waals surface area contributed by atoms with Gasteiger partial charge in [0.1, 0.15) is 0 Å². The van der Waals surface area contributed by atoms with Crippen LogP contribution in [0.5, 0.6) is 0 Å². The van der Waals surface area contributed by atoms with E-state index >= 15 is 0 Å². The molecule has 0 bridgehead atoms. The van der Waals surface area contributed by atoms with Gasteiger partial charge in [-0.25, -0.2) is 0 Å². The molecule has 3 N–H and O–H groups in total. The van der Waals surface area contributed by atoms with E-state index in [1.807, 2.05) is 13.8 Å². The number of hydrogen-bond donors (Lipinski definition) is 2. The lowest BCUT2D eigenvalue weighted by molar-refractivity contribution is 0.279. The standard InChI is InChI=1S/C8H21NO2S.C2H6O/c1-4-10-12(3,11-5-2)8-6-7-9;1-2-3/h4-9H2,1-3H3;3H,2H2,1H3. The fraction of sp³-hybridized carbons (Fsp3) is 1.00. The predicted octanol–water partition coefficient (Wildman–Crippen LogP) is 1.67. The first-order valence-corrected chi connectivity index (χ1v) is 7.51. The fourth-order valence-corrected chi connectivity index (χ4v) is 2.99. The molecule has 0 aromatic heterocycles. The van der Waals surface area contributed by atoms with Crippen LogP contribution in [0.15, 0.2) is 0 Å². The molecule has 0 rings (SSSR count). The Morgan fingerprint density at radius 3 is 1.80 bits per heavy atom. The first-order valence-electron chi connectivity index (χ1n) is 5.45. The van der Waals surface area contributed by atoms with Crippen LogP contribution in [-0.4, -0.2) is 43.5 Å². The lowest BCUT2D eigenvalue weighted by atomic mass is 10.5. The molecule has 0 aromatic carbocycles. The van der Waals surface area contributed by atoms with Crippen LogP contribution in [0.3, 0.4) is 0 Å². The largest absolute Gasteiger partial charge is 0.397 e. The topological polar surface area (TPSA) is 64.7 Å². The third kappa shape index (κ3) is 12.1. The normalized spacial score (nSPS) is 11.9. The van der Waals surface area contributed by atoms with E-state index in [0.717, 1.165) is 25.4 Å². The van der Waals surface area contributed by atoms with Crippen molar-refractivity contribution in [2.45, 2.75) is 27.2 Å². The highest BCUT2D eigenvalue weighted by molar-refractivity contribution is 8.25. The van der Waals surface area contributed by atoms with Crippen molar-refractivity contribution >= 4 is 10.6 Å². The van der Waals surface area contributed by atoms with Crippen LogP contribution >= 0.6 is 10.6 Å². The average molecular weight is 241 g/mol. The van der Waals surface area contributed by atoms with Crippen LogP contribution in [0, 0.1) is 0 Å². The smallest absolute Gasteiger partial charge is 0.0685 e. The molecule has 0 heterocycles. The molecule has 0 aliphatic carbocycles. The number of nitrogens with two attached hydrogens (primary N) is 1. The summed E-state index contributed by atoms with van der Waals surface area (Å²) in [6.07, 6.45) is 3.03. The van der Waals surface area contributed by atoms with E-state index in [4.69, 9.17) is 19.2 Å². The number of aliphatic hydroxyl groups is 1. The predicted molar refractivity (Wildman–Crippen MR) is 68.1 cm³/mol. The summed E-state index contributed by atoms with van der Waals surface area (Å²) in [6.45, 7) is 8.06. The molecule has 0 aliphatic rings. The zero-order valence-corrected chi connectivity index (χ0v) is 11.3. The van der Waals surface area contributed by atoms with Crippen molar-refractivity contribution in [3.05, 3.63) is 0 Å².